The van der Waals surface area contributed by atoms with E-state index in [1.54, 1.807) is 0 Å². The Morgan fingerprint density at radius 3 is 1.12 bits per heavy atom. The van der Waals surface area contributed by atoms with Gasteiger partial charge in [0.2, 0.25) is 5.82 Å². The summed E-state index contributed by atoms with van der Waals surface area (Å²) in [5, 5.41) is 1.29. The third kappa shape index (κ3) is 17.1. The van der Waals surface area contributed by atoms with Gasteiger partial charge in [0.15, 0.2) is 24.7 Å². The number of para-hydroxylation sites is 11. The standard InChI is InChI=1S/C38H45N4.C34H43N4.C26H35N4.C25H33N4/c1-25(2)29-18-16-19-30(26(3)4)36(29)41-33-22-13-12-21-32(33)39(9)37(41)40-28(6)42(35-24-15-14-23-34(35)40)38(7,8)31-20-11-10-17-27(31)5;1-23(2)27-16-14-17-28(24(3)4)32(27)36-22-21-35(9)33(36)37-26(6)38(31-20-13-12-19-30(31)37)34(7,8)29-18-11-10-15-25(29)5;1-18(2)28-17-25(27(8)20(28)4)29-21(5)30(24-16-12-11-15-23(24)29)26(6,7)22-14-10-9-13-19(22)3;1-18(2)29-23-15-11-9-13-21(23)24(26(29)7)27-16-17-28(20(27)4)25(5,6)22-14-10-8-12-19(22)3/h10-26,28H,1-9H3;10-24,26H,1-9H3;9-18,21H,1-8H3;8-18,20H,1-7H3/q4*+1/t28-;26-;21-;20-/m1111/s1. The number of benzene rings is 11. The molecular weight excluding hydrogens is 1700 g/mol. The average Bonchev–Trinajstić information content (AvgIpc) is 1.56. The maximum absolute atomic E-state index is 2.62. The van der Waals surface area contributed by atoms with Crippen molar-refractivity contribution in [1.82, 2.24) is 23.3 Å². The van der Waals surface area contributed by atoms with Crippen LogP contribution in [0.1, 0.15) is 275 Å². The number of hydrogen-bond acceptors (Lipinski definition) is 8. The van der Waals surface area contributed by atoms with Crippen LogP contribution in [0.3, 0.4) is 0 Å². The van der Waals surface area contributed by atoms with Gasteiger partial charge in [0.05, 0.1) is 95.2 Å². The highest BCUT2D eigenvalue weighted by molar-refractivity contribution is 5.91. The van der Waals surface area contributed by atoms with E-state index in [-0.39, 0.29) is 46.8 Å². The first-order valence-electron chi connectivity index (χ1n) is 50.9. The van der Waals surface area contributed by atoms with Crippen molar-refractivity contribution in [2.24, 2.45) is 28.2 Å². The van der Waals surface area contributed by atoms with Gasteiger partial charge in [0.1, 0.15) is 59.4 Å². The van der Waals surface area contributed by atoms with Gasteiger partial charge in [0.25, 0.3) is 5.82 Å². The molecule has 8 heterocycles. The number of imidazole rings is 3. The van der Waals surface area contributed by atoms with Crippen molar-refractivity contribution in [2.45, 2.75) is 283 Å². The van der Waals surface area contributed by atoms with Gasteiger partial charge in [-0.25, -0.2) is 42.2 Å². The Morgan fingerprint density at radius 2 is 0.712 bits per heavy atom. The fourth-order valence-electron chi connectivity index (χ4n) is 24.2. The lowest BCUT2D eigenvalue weighted by atomic mass is 9.88. The summed E-state index contributed by atoms with van der Waals surface area (Å²) in [4.78, 5) is 20.2. The molecule has 16 nitrogen and oxygen atoms in total. The largest absolute Gasteiger partial charge is 0.372 e. The van der Waals surface area contributed by atoms with Gasteiger partial charge in [-0.3, -0.25) is 4.90 Å². The van der Waals surface area contributed by atoms with Crippen LogP contribution in [0.2, 0.25) is 0 Å². The molecule has 0 bridgehead atoms. The molecule has 15 aromatic rings. The van der Waals surface area contributed by atoms with Gasteiger partial charge in [0, 0.05) is 13.1 Å². The summed E-state index contributed by atoms with van der Waals surface area (Å²) in [6.07, 6.45) is 11.8. The molecule has 4 aliphatic rings. The van der Waals surface area contributed by atoms with E-state index in [2.05, 4.69) is 591 Å². The second-order valence-corrected chi connectivity index (χ2v) is 43.2. The maximum Gasteiger partial charge on any atom is 0.372 e. The van der Waals surface area contributed by atoms with Gasteiger partial charge < -0.3 is 19.6 Å². The molecule has 0 fully saturated rings. The number of rotatable bonds is 20. The smallest absolute Gasteiger partial charge is 0.340 e. The van der Waals surface area contributed by atoms with Crippen LogP contribution in [-0.4, -0.2) is 47.9 Å². The number of nitrogens with zero attached hydrogens (tertiary/aromatic N) is 16. The van der Waals surface area contributed by atoms with Crippen LogP contribution >= 0.6 is 0 Å². The third-order valence-electron chi connectivity index (χ3n) is 30.9. The zero-order chi connectivity index (χ0) is 100.0. The number of aryl methyl sites for hydroxylation is 6. The van der Waals surface area contributed by atoms with Crippen LogP contribution in [-0.2, 0) is 50.3 Å². The number of hydrogen-bond donors (Lipinski definition) is 0. The Balaban J connectivity index is 0.000000135. The summed E-state index contributed by atoms with van der Waals surface area (Å²) in [7, 11) is 8.74. The molecule has 139 heavy (non-hydrogen) atoms. The molecule has 0 spiro atoms. The van der Waals surface area contributed by atoms with Crippen molar-refractivity contribution in [3.8, 4) is 11.4 Å². The minimum atomic E-state index is -0.232. The normalized spacial score (nSPS) is 16.1. The zero-order valence-corrected chi connectivity index (χ0v) is 89.6. The zero-order valence-electron chi connectivity index (χ0n) is 89.6. The fraction of sp³-hybridized carbons (Fsp3) is 0.382. The molecule has 19 rings (SSSR count). The van der Waals surface area contributed by atoms with E-state index in [4.69, 9.17) is 0 Å². The van der Waals surface area contributed by atoms with Gasteiger partial charge >= 0.3 is 17.7 Å². The lowest BCUT2D eigenvalue weighted by Gasteiger charge is -2.42. The van der Waals surface area contributed by atoms with Gasteiger partial charge in [-0.05, 0) is 290 Å². The molecule has 4 aliphatic heterocycles. The number of aromatic nitrogens is 8. The van der Waals surface area contributed by atoms with Gasteiger partial charge in [-0.2, -0.15) is 9.25 Å². The monoisotopic (exact) mass is 1860 g/mol. The van der Waals surface area contributed by atoms with E-state index in [1.807, 2.05) is 0 Å². The Kier molecular flexibility index (Phi) is 27.5. The molecule has 0 saturated heterocycles. The molecule has 16 heteroatoms. The van der Waals surface area contributed by atoms with Crippen molar-refractivity contribution >= 4 is 79.6 Å². The molecule has 0 aliphatic carbocycles. The van der Waals surface area contributed by atoms with E-state index in [9.17, 15) is 0 Å². The minimum Gasteiger partial charge on any atom is -0.340 e. The van der Waals surface area contributed by atoms with Crippen molar-refractivity contribution in [2.75, 3.05) is 34.3 Å². The van der Waals surface area contributed by atoms with Crippen LogP contribution in [0, 0.1) is 34.6 Å². The predicted molar refractivity (Wildman–Crippen MR) is 583 cm³/mol. The second kappa shape index (κ2) is 38.6. The first-order chi connectivity index (χ1) is 66.0. The molecule has 0 N–H and O–H groups in total. The lowest BCUT2D eigenvalue weighted by Crippen LogP contribution is -2.51. The molecule has 0 unspecified atom stereocenters. The van der Waals surface area contributed by atoms with Crippen LogP contribution in [0.15, 0.2) is 286 Å². The van der Waals surface area contributed by atoms with Crippen molar-refractivity contribution < 1.29 is 18.4 Å². The summed E-state index contributed by atoms with van der Waals surface area (Å²) >= 11 is 0. The topological polar surface area (TPSA) is 61.2 Å². The molecular formula is C123H156N16+4. The van der Waals surface area contributed by atoms with Crippen LogP contribution < -0.4 is 52.7 Å². The van der Waals surface area contributed by atoms with E-state index in [1.165, 1.54) is 164 Å². The van der Waals surface area contributed by atoms with Crippen molar-refractivity contribution in [3.05, 3.63) is 358 Å². The lowest BCUT2D eigenvalue weighted by molar-refractivity contribution is -0.741. The average molecular weight is 1860 g/mol. The Bertz CT molecular complexity index is 6980. The quantitative estimate of drug-likeness (QED) is 0.0700. The summed E-state index contributed by atoms with van der Waals surface area (Å²) in [6.45, 7) is 66.6. The minimum absolute atomic E-state index is 0.0694. The highest BCUT2D eigenvalue weighted by atomic mass is 15.5. The van der Waals surface area contributed by atoms with Gasteiger partial charge in [-0.1, -0.05) is 250 Å². The van der Waals surface area contributed by atoms with E-state index >= 15 is 0 Å². The highest BCUT2D eigenvalue weighted by Gasteiger charge is 2.53. The van der Waals surface area contributed by atoms with Crippen LogP contribution in [0.25, 0.3) is 33.3 Å². The first kappa shape index (κ1) is 98.9. The van der Waals surface area contributed by atoms with E-state index in [0.29, 0.717) is 35.8 Å². The van der Waals surface area contributed by atoms with E-state index in [0.717, 1.165) is 0 Å². The maximum atomic E-state index is 2.62. The molecule has 4 aromatic heterocycles. The predicted octanol–water partition coefficient (Wildman–Crippen LogP) is 28.3. The molecule has 724 valence electrons. The molecule has 0 radical (unpaired) electrons. The molecule has 11 aromatic carbocycles. The molecule has 4 atom stereocenters. The summed E-state index contributed by atoms with van der Waals surface area (Å²) in [6, 6.07) is 93.8. The number of fused-ring (bicyclic) bond motifs is 5. The van der Waals surface area contributed by atoms with Crippen molar-refractivity contribution in [1.29, 1.82) is 0 Å². The first-order valence-corrected chi connectivity index (χ1v) is 50.9. The van der Waals surface area contributed by atoms with Crippen LogP contribution in [0.4, 0.5) is 57.7 Å². The van der Waals surface area contributed by atoms with Crippen molar-refractivity contribution in [3.63, 3.8) is 0 Å². The number of anilines is 10. The Labute approximate surface area is 831 Å². The SMILES string of the molecule is Cc1ccccc1C(C)(C)N1C=CN(c2c3ccccc3n(C(C)C)[n+]2C)[C@H]1C.Cc1ccccc1C(C)(C)N1c2ccccc2N(c2c[n+](C(C)C)c(C)n2C)[C@H]1C.Cc1ccccc1C(C)(C)N1c2ccccc2N(c2n(-c3c(C(C)C)cccc3C(C)C)c3ccccc3[n+]2C)[C@H]1C.Cc1ccccc1C(C)(C)N1c2ccccc2N(c2n(-c3c(C(C)C)cccc3C(C)C)cc[n+]2C)[C@H]1C. The Hall–Kier alpha value is -13.1. The summed E-state index contributed by atoms with van der Waals surface area (Å²) in [5.41, 5.74) is 29.5. The third-order valence-corrected chi connectivity index (χ3v) is 30.9. The highest BCUT2D eigenvalue weighted by Crippen LogP contribution is 2.55. The molecule has 0 saturated carbocycles. The summed E-state index contributed by atoms with van der Waals surface area (Å²) < 4.78 is 19.0. The van der Waals surface area contributed by atoms with E-state index < -0.39 is 0 Å². The second-order valence-electron chi connectivity index (χ2n) is 43.2. The Morgan fingerprint density at radius 1 is 0.353 bits per heavy atom. The van der Waals surface area contributed by atoms with Crippen LogP contribution in [0.5, 0.6) is 0 Å². The fourth-order valence-corrected chi connectivity index (χ4v) is 24.2. The summed E-state index contributed by atoms with van der Waals surface area (Å²) in [5.74, 6) is 7.69. The van der Waals surface area contributed by atoms with Gasteiger partial charge in [-0.15, -0.1) is 0 Å². The molecule has 0 amide bonds.